The summed E-state index contributed by atoms with van der Waals surface area (Å²) in [6, 6.07) is 9.36. The highest BCUT2D eigenvalue weighted by molar-refractivity contribution is 7.89. The summed E-state index contributed by atoms with van der Waals surface area (Å²) >= 11 is 0. The molecule has 3 aromatic heterocycles. The number of benzene rings is 1. The fourth-order valence-electron chi connectivity index (χ4n) is 6.19. The fourth-order valence-corrected chi connectivity index (χ4v) is 7.51. The summed E-state index contributed by atoms with van der Waals surface area (Å²) in [6.45, 7) is 5.79. The Bertz CT molecular complexity index is 1810. The van der Waals surface area contributed by atoms with Crippen molar-refractivity contribution in [3.63, 3.8) is 0 Å². The molecule has 1 saturated carbocycles. The number of Topliss-reactive ketones (excluding diaryl/α,β-unsaturated/α-hetero) is 1. The number of hydrogen-bond donors (Lipinski definition) is 0. The van der Waals surface area contributed by atoms with Crippen LogP contribution in [0.4, 0.5) is 4.39 Å². The number of sulfonamides is 1. The second-order valence-electron chi connectivity index (χ2n) is 11.6. The Kier molecular flexibility index (Phi) is 6.97. The van der Waals surface area contributed by atoms with Crippen molar-refractivity contribution in [2.75, 3.05) is 7.05 Å². The number of aryl methyl sites for hydroxylation is 1. The number of ketones is 1. The zero-order valence-electron chi connectivity index (χ0n) is 24.0. The van der Waals surface area contributed by atoms with Crippen LogP contribution in [0.5, 0.6) is 0 Å². The van der Waals surface area contributed by atoms with Crippen molar-refractivity contribution in [3.8, 4) is 5.69 Å². The number of halogens is 1. The molecule has 0 amide bonds. The van der Waals surface area contributed by atoms with Crippen molar-refractivity contribution < 1.29 is 17.6 Å². The van der Waals surface area contributed by atoms with E-state index in [9.17, 15) is 17.6 Å². The first-order chi connectivity index (χ1) is 20.0. The highest BCUT2D eigenvalue weighted by atomic mass is 32.2. The Labute approximate surface area is 244 Å². The van der Waals surface area contributed by atoms with Crippen molar-refractivity contribution >= 4 is 21.9 Å². The van der Waals surface area contributed by atoms with E-state index in [4.69, 9.17) is 0 Å². The third-order valence-electron chi connectivity index (χ3n) is 8.59. The summed E-state index contributed by atoms with van der Waals surface area (Å²) in [5.41, 5.74) is 3.66. The number of pyridine rings is 1. The zero-order chi connectivity index (χ0) is 29.8. The molecule has 6 rings (SSSR count). The highest BCUT2D eigenvalue weighted by Gasteiger charge is 2.51. The quantitative estimate of drug-likeness (QED) is 0.276. The van der Waals surface area contributed by atoms with Crippen molar-refractivity contribution in [3.05, 3.63) is 95.1 Å². The van der Waals surface area contributed by atoms with Gasteiger partial charge in [-0.15, -0.1) is 0 Å². The number of carbonyl (C=O) groups is 1. The van der Waals surface area contributed by atoms with Gasteiger partial charge < -0.3 is 0 Å². The van der Waals surface area contributed by atoms with Crippen LogP contribution in [-0.2, 0) is 16.4 Å². The van der Waals surface area contributed by atoms with Crippen molar-refractivity contribution in [2.24, 2.45) is 5.41 Å². The molecule has 2 atom stereocenters. The lowest BCUT2D eigenvalue weighted by Gasteiger charge is -2.45. The summed E-state index contributed by atoms with van der Waals surface area (Å²) in [4.78, 5) is 19.0. The predicted molar refractivity (Wildman–Crippen MR) is 156 cm³/mol. The highest BCUT2D eigenvalue weighted by Crippen LogP contribution is 2.51. The first-order valence-electron chi connectivity index (χ1n) is 14.0. The van der Waals surface area contributed by atoms with Crippen LogP contribution in [0.1, 0.15) is 66.5 Å². The van der Waals surface area contributed by atoms with E-state index in [0.717, 1.165) is 28.1 Å². The molecule has 0 N–H and O–H groups in total. The average Bonchev–Trinajstić information content (AvgIpc) is 3.63. The van der Waals surface area contributed by atoms with Gasteiger partial charge in [0.2, 0.25) is 10.0 Å². The minimum absolute atomic E-state index is 0.0246. The molecule has 2 aliphatic carbocycles. The smallest absolute Gasteiger partial charge is 0.246 e. The average molecular weight is 589 g/mol. The Morgan fingerprint density at radius 2 is 1.90 bits per heavy atom. The van der Waals surface area contributed by atoms with E-state index in [1.807, 2.05) is 32.9 Å². The van der Waals surface area contributed by atoms with E-state index in [1.165, 1.54) is 22.6 Å². The second-order valence-corrected chi connectivity index (χ2v) is 13.6. The van der Waals surface area contributed by atoms with Crippen LogP contribution in [0.3, 0.4) is 0 Å². The number of carbonyl (C=O) groups excluding carboxylic acids is 1. The van der Waals surface area contributed by atoms with Crippen molar-refractivity contribution in [2.45, 2.75) is 63.4 Å². The van der Waals surface area contributed by atoms with E-state index >= 15 is 0 Å². The van der Waals surface area contributed by atoms with Gasteiger partial charge in [0.25, 0.3) is 0 Å². The monoisotopic (exact) mass is 588 g/mol. The summed E-state index contributed by atoms with van der Waals surface area (Å²) in [5.74, 6) is -0.455. The molecule has 1 aromatic carbocycles. The van der Waals surface area contributed by atoms with E-state index in [0.29, 0.717) is 31.4 Å². The van der Waals surface area contributed by atoms with Crippen LogP contribution in [0.15, 0.2) is 71.7 Å². The Morgan fingerprint density at radius 3 is 2.60 bits per heavy atom. The van der Waals surface area contributed by atoms with Gasteiger partial charge in [-0.25, -0.2) is 17.5 Å². The summed E-state index contributed by atoms with van der Waals surface area (Å²) < 4.78 is 45.8. The van der Waals surface area contributed by atoms with Crippen LogP contribution < -0.4 is 0 Å². The van der Waals surface area contributed by atoms with Gasteiger partial charge in [0, 0.05) is 31.5 Å². The molecule has 0 bridgehead atoms. The molecule has 0 saturated heterocycles. The standard InChI is InChI=1S/C31H33FN6O3S/c1-20(2)37-19-27(18-34-37)42(40,41)36(4)26-8-5-23-14-29-22(17-35-38(29)25-9-6-24(32)7-10-25)15-31(23,16-26)30(39)28-13-21(3)11-12-33-28/h6-7,9-14,17-20,26H,5,8,15-16H2,1-4H3/t26-,31-/m0/s1. The first kappa shape index (κ1) is 28.2. The normalized spacial score (nSPS) is 20.4. The minimum atomic E-state index is -3.85. The number of hydrogen-bond acceptors (Lipinski definition) is 6. The van der Waals surface area contributed by atoms with Gasteiger partial charge >= 0.3 is 0 Å². The molecule has 2 aliphatic rings. The van der Waals surface area contributed by atoms with Crippen molar-refractivity contribution in [1.29, 1.82) is 0 Å². The third-order valence-corrected chi connectivity index (χ3v) is 10.5. The van der Waals surface area contributed by atoms with Crippen LogP contribution in [-0.4, -0.2) is 56.1 Å². The van der Waals surface area contributed by atoms with E-state index in [2.05, 4.69) is 15.2 Å². The van der Waals surface area contributed by atoms with Gasteiger partial charge in [-0.1, -0.05) is 5.57 Å². The maximum Gasteiger partial charge on any atom is 0.246 e. The molecule has 0 aliphatic heterocycles. The molecular weight excluding hydrogens is 555 g/mol. The van der Waals surface area contributed by atoms with Gasteiger partial charge in [-0.3, -0.25) is 14.5 Å². The minimum Gasteiger partial charge on any atom is -0.291 e. The van der Waals surface area contributed by atoms with E-state index in [1.54, 1.807) is 53.2 Å². The lowest BCUT2D eigenvalue weighted by Crippen LogP contribution is -2.49. The number of nitrogens with zero attached hydrogens (tertiary/aromatic N) is 6. The van der Waals surface area contributed by atoms with Gasteiger partial charge in [0.1, 0.15) is 16.4 Å². The van der Waals surface area contributed by atoms with Crippen LogP contribution in [0.2, 0.25) is 0 Å². The van der Waals surface area contributed by atoms with Crippen LogP contribution >= 0.6 is 0 Å². The molecule has 0 unspecified atom stereocenters. The number of allylic oxidation sites excluding steroid dienone is 1. The SMILES string of the molecule is Cc1ccnc(C(=O)[C@]23Cc4cnn(-c5ccc(F)cc5)c4C=C2CC[C@H](N(C)S(=O)(=O)c2cnn(C(C)C)c2)C3)c1. The number of aromatic nitrogens is 5. The summed E-state index contributed by atoms with van der Waals surface area (Å²) in [7, 11) is -2.26. The Balaban J connectivity index is 1.40. The maximum atomic E-state index is 14.4. The molecule has 3 heterocycles. The topological polar surface area (TPSA) is 103 Å². The summed E-state index contributed by atoms with van der Waals surface area (Å²) in [6.07, 6.45) is 10.1. The largest absolute Gasteiger partial charge is 0.291 e. The van der Waals surface area contributed by atoms with Gasteiger partial charge in [-0.2, -0.15) is 14.5 Å². The molecule has 42 heavy (non-hydrogen) atoms. The van der Waals surface area contributed by atoms with Crippen LogP contribution in [0, 0.1) is 18.2 Å². The Hall–Kier alpha value is -3.96. The molecular formula is C31H33FN6O3S. The van der Waals surface area contributed by atoms with E-state index in [-0.39, 0.29) is 22.5 Å². The molecule has 11 heteroatoms. The molecule has 4 aromatic rings. The Morgan fingerprint density at radius 1 is 1.14 bits per heavy atom. The lowest BCUT2D eigenvalue weighted by atomic mass is 9.60. The number of rotatable bonds is 7. The van der Waals surface area contributed by atoms with Gasteiger partial charge in [0.15, 0.2) is 5.78 Å². The molecule has 0 spiro atoms. The summed E-state index contributed by atoms with van der Waals surface area (Å²) in [5, 5.41) is 8.82. The zero-order valence-corrected chi connectivity index (χ0v) is 24.8. The first-order valence-corrected chi connectivity index (χ1v) is 15.5. The van der Waals surface area contributed by atoms with Crippen LogP contribution in [0.25, 0.3) is 11.8 Å². The van der Waals surface area contributed by atoms with E-state index < -0.39 is 21.5 Å². The van der Waals surface area contributed by atoms with Gasteiger partial charge in [0.05, 0.1) is 29.2 Å². The fraction of sp³-hybridized carbons (Fsp3) is 0.355. The molecule has 1 fully saturated rings. The van der Waals surface area contributed by atoms with Gasteiger partial charge in [-0.05, 0) is 100 Å². The second kappa shape index (κ2) is 10.4. The third kappa shape index (κ3) is 4.70. The molecule has 218 valence electrons. The van der Waals surface area contributed by atoms with Crippen molar-refractivity contribution in [1.82, 2.24) is 28.9 Å². The predicted octanol–water partition coefficient (Wildman–Crippen LogP) is 5.17. The molecule has 0 radical (unpaired) electrons. The number of fused-ring (bicyclic) bond motifs is 2. The maximum absolute atomic E-state index is 14.4. The molecule has 9 nitrogen and oxygen atoms in total. The lowest BCUT2D eigenvalue weighted by molar-refractivity contribution is 0.0747.